The van der Waals surface area contributed by atoms with Gasteiger partial charge >= 0.3 is 0 Å². The van der Waals surface area contributed by atoms with Crippen LogP contribution in [0.2, 0.25) is 0 Å². The summed E-state index contributed by atoms with van der Waals surface area (Å²) in [6.45, 7) is 1.01. The number of fused-ring (bicyclic) bond motifs is 1. The van der Waals surface area contributed by atoms with Crippen LogP contribution in [0.25, 0.3) is 10.9 Å². The van der Waals surface area contributed by atoms with Crippen molar-refractivity contribution in [3.63, 3.8) is 0 Å². The van der Waals surface area contributed by atoms with Crippen LogP contribution in [0.15, 0.2) is 48.5 Å². The molecule has 0 spiro atoms. The maximum absolute atomic E-state index is 13.1. The first-order valence-electron chi connectivity index (χ1n) is 9.31. The van der Waals surface area contributed by atoms with E-state index in [0.29, 0.717) is 37.2 Å². The molecular weight excluding hydrogens is 359 g/mol. The molecule has 2 aromatic carbocycles. The van der Waals surface area contributed by atoms with E-state index in [1.165, 1.54) is 24.3 Å². The molecule has 28 heavy (non-hydrogen) atoms. The Morgan fingerprint density at radius 1 is 1.04 bits per heavy atom. The second-order valence-electron chi connectivity index (χ2n) is 7.27. The maximum atomic E-state index is 13.1. The number of phenolic OH excluding ortho intramolecular Hbond substituents is 1. The second kappa shape index (κ2) is 7.11. The monoisotopic (exact) mass is 380 g/mol. The SMILES string of the molecule is Cn1c(C(=O)N2CCC(C(=O)c3ccc(F)cc3)CC2)cc2cc(O)ccc21. The van der Waals surface area contributed by atoms with Gasteiger partial charge < -0.3 is 14.6 Å². The lowest BCUT2D eigenvalue weighted by Crippen LogP contribution is -2.40. The number of aromatic nitrogens is 1. The van der Waals surface area contributed by atoms with Gasteiger partial charge in [0.1, 0.15) is 17.3 Å². The maximum Gasteiger partial charge on any atom is 0.270 e. The fourth-order valence-corrected chi connectivity index (χ4v) is 3.90. The van der Waals surface area contributed by atoms with E-state index in [2.05, 4.69) is 0 Å². The van der Waals surface area contributed by atoms with Crippen LogP contribution in [0.3, 0.4) is 0 Å². The fourth-order valence-electron chi connectivity index (χ4n) is 3.90. The van der Waals surface area contributed by atoms with E-state index in [1.54, 1.807) is 29.2 Å². The van der Waals surface area contributed by atoms with E-state index in [1.807, 2.05) is 11.6 Å². The van der Waals surface area contributed by atoms with Crippen molar-refractivity contribution in [2.75, 3.05) is 13.1 Å². The molecule has 1 aromatic heterocycles. The second-order valence-corrected chi connectivity index (χ2v) is 7.27. The number of carbonyl (C=O) groups excluding carboxylic acids is 2. The minimum atomic E-state index is -0.361. The molecule has 0 atom stereocenters. The number of halogens is 1. The summed E-state index contributed by atoms with van der Waals surface area (Å²) >= 11 is 0. The van der Waals surface area contributed by atoms with Crippen molar-refractivity contribution in [1.29, 1.82) is 0 Å². The quantitative estimate of drug-likeness (QED) is 0.704. The Morgan fingerprint density at radius 2 is 1.71 bits per heavy atom. The number of piperidine rings is 1. The molecule has 2 heterocycles. The number of phenols is 1. The van der Waals surface area contributed by atoms with Gasteiger partial charge in [-0.3, -0.25) is 9.59 Å². The summed E-state index contributed by atoms with van der Waals surface area (Å²) in [7, 11) is 1.83. The van der Waals surface area contributed by atoms with Gasteiger partial charge in [-0.1, -0.05) is 0 Å². The Kier molecular flexibility index (Phi) is 4.63. The van der Waals surface area contributed by atoms with Crippen molar-refractivity contribution in [3.8, 4) is 5.75 Å². The average molecular weight is 380 g/mol. The van der Waals surface area contributed by atoms with Crippen LogP contribution in [-0.2, 0) is 7.05 Å². The lowest BCUT2D eigenvalue weighted by atomic mass is 9.89. The highest BCUT2D eigenvalue weighted by atomic mass is 19.1. The highest BCUT2D eigenvalue weighted by Gasteiger charge is 2.29. The number of carbonyl (C=O) groups is 2. The molecule has 1 fully saturated rings. The molecule has 0 aliphatic carbocycles. The summed E-state index contributed by atoms with van der Waals surface area (Å²) in [4.78, 5) is 27.3. The average Bonchev–Trinajstić information content (AvgIpc) is 3.03. The summed E-state index contributed by atoms with van der Waals surface area (Å²) in [5, 5.41) is 10.5. The molecule has 5 nitrogen and oxygen atoms in total. The number of hydrogen-bond donors (Lipinski definition) is 1. The third-order valence-corrected chi connectivity index (χ3v) is 5.53. The Bertz CT molecular complexity index is 1050. The van der Waals surface area contributed by atoms with Crippen molar-refractivity contribution in [3.05, 3.63) is 65.6 Å². The molecule has 4 rings (SSSR count). The van der Waals surface area contributed by atoms with Crippen molar-refractivity contribution < 1.29 is 19.1 Å². The van der Waals surface area contributed by atoms with Gasteiger partial charge in [0.25, 0.3) is 5.91 Å². The fraction of sp³-hybridized carbons (Fsp3) is 0.273. The van der Waals surface area contributed by atoms with Gasteiger partial charge in [-0.05, 0) is 61.4 Å². The number of ketones is 1. The van der Waals surface area contributed by atoms with Gasteiger partial charge in [0.2, 0.25) is 0 Å². The van der Waals surface area contributed by atoms with Gasteiger partial charge in [-0.25, -0.2) is 4.39 Å². The molecule has 1 aliphatic rings. The minimum absolute atomic E-state index is 0.00665. The van der Waals surface area contributed by atoms with Gasteiger partial charge in [-0.2, -0.15) is 0 Å². The van der Waals surface area contributed by atoms with Crippen LogP contribution in [0.4, 0.5) is 4.39 Å². The first kappa shape index (κ1) is 18.2. The lowest BCUT2D eigenvalue weighted by molar-refractivity contribution is 0.0643. The van der Waals surface area contributed by atoms with E-state index in [4.69, 9.17) is 0 Å². The minimum Gasteiger partial charge on any atom is -0.508 e. The number of aromatic hydroxyl groups is 1. The molecular formula is C22H21FN2O3. The zero-order valence-electron chi connectivity index (χ0n) is 15.6. The predicted octanol–water partition coefficient (Wildman–Crippen LogP) is 3.76. The van der Waals surface area contributed by atoms with E-state index < -0.39 is 0 Å². The number of benzene rings is 2. The zero-order valence-corrected chi connectivity index (χ0v) is 15.6. The lowest BCUT2D eigenvalue weighted by Gasteiger charge is -2.31. The van der Waals surface area contributed by atoms with E-state index in [9.17, 15) is 19.1 Å². The molecule has 3 aromatic rings. The van der Waals surface area contributed by atoms with Crippen LogP contribution < -0.4 is 0 Å². The normalized spacial score (nSPS) is 15.1. The Morgan fingerprint density at radius 3 is 2.39 bits per heavy atom. The predicted molar refractivity (Wildman–Crippen MR) is 104 cm³/mol. The molecule has 0 radical (unpaired) electrons. The van der Waals surface area contributed by atoms with Crippen molar-refractivity contribution in [1.82, 2.24) is 9.47 Å². The molecule has 6 heteroatoms. The van der Waals surface area contributed by atoms with Crippen molar-refractivity contribution >= 4 is 22.6 Å². The molecule has 1 N–H and O–H groups in total. The van der Waals surface area contributed by atoms with E-state index >= 15 is 0 Å². The van der Waals surface area contributed by atoms with Crippen molar-refractivity contribution in [2.24, 2.45) is 13.0 Å². The van der Waals surface area contributed by atoms with Gasteiger partial charge in [0, 0.05) is 42.5 Å². The number of hydrogen-bond acceptors (Lipinski definition) is 3. The van der Waals surface area contributed by atoms with Gasteiger partial charge in [0.15, 0.2) is 5.78 Å². The Labute approximate surface area is 162 Å². The zero-order chi connectivity index (χ0) is 19.8. The molecule has 1 amide bonds. The number of aryl methyl sites for hydroxylation is 1. The topological polar surface area (TPSA) is 62.5 Å². The number of amides is 1. The highest BCUT2D eigenvalue weighted by Crippen LogP contribution is 2.26. The van der Waals surface area contributed by atoms with Crippen LogP contribution in [0.5, 0.6) is 5.75 Å². The number of likely N-dealkylation sites (tertiary alicyclic amines) is 1. The summed E-state index contributed by atoms with van der Waals surface area (Å²) in [5.41, 5.74) is 1.95. The summed E-state index contributed by atoms with van der Waals surface area (Å²) in [6.07, 6.45) is 1.18. The largest absolute Gasteiger partial charge is 0.508 e. The Hall–Kier alpha value is -3.15. The third kappa shape index (κ3) is 3.26. The summed E-state index contributed by atoms with van der Waals surface area (Å²) < 4.78 is 14.9. The third-order valence-electron chi connectivity index (χ3n) is 5.53. The van der Waals surface area contributed by atoms with Crippen LogP contribution in [-0.4, -0.2) is 39.4 Å². The molecule has 144 valence electrons. The van der Waals surface area contributed by atoms with Crippen LogP contribution in [0.1, 0.15) is 33.7 Å². The summed E-state index contributed by atoms with van der Waals surface area (Å²) in [5.74, 6) is -0.422. The number of rotatable bonds is 3. The number of nitrogens with zero attached hydrogens (tertiary/aromatic N) is 2. The van der Waals surface area contributed by atoms with Crippen LogP contribution >= 0.6 is 0 Å². The molecule has 1 aliphatic heterocycles. The van der Waals surface area contributed by atoms with Crippen LogP contribution in [0, 0.1) is 11.7 Å². The number of Topliss-reactive ketones (excluding diaryl/α,β-unsaturated/α-hetero) is 1. The van der Waals surface area contributed by atoms with Gasteiger partial charge in [-0.15, -0.1) is 0 Å². The molecule has 1 saturated heterocycles. The van der Waals surface area contributed by atoms with Gasteiger partial charge in [0.05, 0.1) is 0 Å². The first-order valence-corrected chi connectivity index (χ1v) is 9.31. The van der Waals surface area contributed by atoms with Crippen molar-refractivity contribution in [2.45, 2.75) is 12.8 Å². The van der Waals surface area contributed by atoms with E-state index in [-0.39, 0.29) is 29.2 Å². The standard InChI is InChI=1S/C22H21FN2O3/c1-24-19-7-6-18(26)12-16(19)13-20(24)22(28)25-10-8-15(9-11-25)21(27)14-2-4-17(23)5-3-14/h2-7,12-13,15,26H,8-11H2,1H3. The Balaban J connectivity index is 1.46. The smallest absolute Gasteiger partial charge is 0.270 e. The molecule has 0 saturated carbocycles. The molecule has 0 unspecified atom stereocenters. The first-order chi connectivity index (χ1) is 13.4. The summed E-state index contributed by atoms with van der Waals surface area (Å²) in [6, 6.07) is 12.4. The highest BCUT2D eigenvalue weighted by molar-refractivity contribution is 6.00. The van der Waals surface area contributed by atoms with E-state index in [0.717, 1.165) is 10.9 Å². The molecule has 0 bridgehead atoms.